The van der Waals surface area contributed by atoms with E-state index in [1.807, 2.05) is 22.4 Å². The van der Waals surface area contributed by atoms with Crippen LogP contribution in [0, 0.1) is 0 Å². The zero-order valence-electron chi connectivity index (χ0n) is 10.3. The molecule has 0 aliphatic carbocycles. The first kappa shape index (κ1) is 12.4. The molecule has 1 aliphatic rings. The second kappa shape index (κ2) is 5.14. The van der Waals surface area contributed by atoms with Gasteiger partial charge in [-0.1, -0.05) is 6.07 Å². The van der Waals surface area contributed by atoms with Crippen molar-refractivity contribution < 1.29 is 14.3 Å². The highest BCUT2D eigenvalue weighted by Gasteiger charge is 2.31. The number of aromatic nitrogens is 1. The topological polar surface area (TPSA) is 66.6 Å². The molecule has 1 saturated heterocycles. The standard InChI is InChI=1S/C13H14N2O3S/c16-13(17)9-3-1-5-15(9)8-12-14-7-10(18-12)11-4-2-6-19-11/h2,4,6-7,9H,1,3,5,8H2,(H,16,17)/t9-/m0/s1. The molecule has 1 aliphatic heterocycles. The molecule has 1 atom stereocenters. The van der Waals surface area contributed by atoms with Gasteiger partial charge in [-0.2, -0.15) is 0 Å². The number of hydrogen-bond acceptors (Lipinski definition) is 5. The molecular formula is C13H14N2O3S. The summed E-state index contributed by atoms with van der Waals surface area (Å²) in [6.45, 7) is 1.25. The molecule has 0 amide bonds. The third-order valence-electron chi connectivity index (χ3n) is 3.30. The average Bonchev–Trinajstić information content (AvgIpc) is 3.09. The van der Waals surface area contributed by atoms with Crippen LogP contribution in [0.4, 0.5) is 0 Å². The molecule has 0 aromatic carbocycles. The molecular weight excluding hydrogens is 264 g/mol. The van der Waals surface area contributed by atoms with Gasteiger partial charge in [0.2, 0.25) is 5.89 Å². The summed E-state index contributed by atoms with van der Waals surface area (Å²) in [6.07, 6.45) is 3.32. The lowest BCUT2D eigenvalue weighted by atomic mass is 10.2. The smallest absolute Gasteiger partial charge is 0.320 e. The predicted molar refractivity (Wildman–Crippen MR) is 70.9 cm³/mol. The van der Waals surface area contributed by atoms with Crippen LogP contribution in [0.25, 0.3) is 10.6 Å². The monoisotopic (exact) mass is 278 g/mol. The lowest BCUT2D eigenvalue weighted by Gasteiger charge is -2.18. The Balaban J connectivity index is 1.72. The molecule has 3 heterocycles. The van der Waals surface area contributed by atoms with E-state index in [9.17, 15) is 4.79 Å². The van der Waals surface area contributed by atoms with Gasteiger partial charge < -0.3 is 9.52 Å². The molecule has 19 heavy (non-hydrogen) atoms. The summed E-state index contributed by atoms with van der Waals surface area (Å²) in [7, 11) is 0. The Morgan fingerprint density at radius 2 is 2.53 bits per heavy atom. The van der Waals surface area contributed by atoms with Crippen molar-refractivity contribution in [1.82, 2.24) is 9.88 Å². The van der Waals surface area contributed by atoms with Gasteiger partial charge in [0.05, 0.1) is 17.6 Å². The molecule has 0 bridgehead atoms. The predicted octanol–water partition coefficient (Wildman–Crippen LogP) is 2.45. The van der Waals surface area contributed by atoms with Gasteiger partial charge in [-0.15, -0.1) is 11.3 Å². The maximum Gasteiger partial charge on any atom is 0.320 e. The van der Waals surface area contributed by atoms with Gasteiger partial charge in [0, 0.05) is 0 Å². The van der Waals surface area contributed by atoms with E-state index < -0.39 is 12.0 Å². The van der Waals surface area contributed by atoms with Gasteiger partial charge >= 0.3 is 5.97 Å². The van der Waals surface area contributed by atoms with Crippen LogP contribution < -0.4 is 0 Å². The molecule has 0 saturated carbocycles. The molecule has 0 spiro atoms. The first-order valence-electron chi connectivity index (χ1n) is 6.19. The number of nitrogens with zero attached hydrogens (tertiary/aromatic N) is 2. The van der Waals surface area contributed by atoms with Crippen LogP contribution in [0.2, 0.25) is 0 Å². The zero-order chi connectivity index (χ0) is 13.2. The third kappa shape index (κ3) is 2.54. The summed E-state index contributed by atoms with van der Waals surface area (Å²) in [5, 5.41) is 11.1. The fraction of sp³-hybridized carbons (Fsp3) is 0.385. The molecule has 5 nitrogen and oxygen atoms in total. The molecule has 0 radical (unpaired) electrons. The van der Waals surface area contributed by atoms with Crippen LogP contribution in [-0.2, 0) is 11.3 Å². The van der Waals surface area contributed by atoms with Crippen molar-refractivity contribution in [3.63, 3.8) is 0 Å². The number of thiophene rings is 1. The summed E-state index contributed by atoms with van der Waals surface area (Å²) in [5.41, 5.74) is 0. The second-order valence-electron chi connectivity index (χ2n) is 4.56. The largest absolute Gasteiger partial charge is 0.480 e. The van der Waals surface area contributed by atoms with Crippen LogP contribution in [0.1, 0.15) is 18.7 Å². The summed E-state index contributed by atoms with van der Waals surface area (Å²) < 4.78 is 5.68. The Morgan fingerprint density at radius 1 is 1.63 bits per heavy atom. The number of hydrogen-bond donors (Lipinski definition) is 1. The van der Waals surface area contributed by atoms with Gasteiger partial charge in [0.1, 0.15) is 6.04 Å². The number of carbonyl (C=O) groups is 1. The number of likely N-dealkylation sites (tertiary alicyclic amines) is 1. The molecule has 3 rings (SSSR count). The molecule has 2 aromatic heterocycles. The van der Waals surface area contributed by atoms with Crippen molar-refractivity contribution in [2.24, 2.45) is 0 Å². The lowest BCUT2D eigenvalue weighted by molar-refractivity contribution is -0.142. The number of carboxylic acids is 1. The Kier molecular flexibility index (Phi) is 3.35. The summed E-state index contributed by atoms with van der Waals surface area (Å²) >= 11 is 1.60. The highest BCUT2D eigenvalue weighted by molar-refractivity contribution is 7.13. The fourth-order valence-electron chi connectivity index (χ4n) is 2.38. The van der Waals surface area contributed by atoms with Gasteiger partial charge in [-0.25, -0.2) is 4.98 Å². The summed E-state index contributed by atoms with van der Waals surface area (Å²) in [6, 6.07) is 3.53. The lowest BCUT2D eigenvalue weighted by Crippen LogP contribution is -2.35. The molecule has 0 unspecified atom stereocenters. The minimum Gasteiger partial charge on any atom is -0.480 e. The number of carboxylic acid groups (broad SMARTS) is 1. The quantitative estimate of drug-likeness (QED) is 0.930. The Labute approximate surface area is 114 Å². The third-order valence-corrected chi connectivity index (χ3v) is 4.19. The van der Waals surface area contributed by atoms with Gasteiger partial charge in [0.25, 0.3) is 0 Å². The van der Waals surface area contributed by atoms with Gasteiger partial charge in [-0.3, -0.25) is 9.69 Å². The maximum atomic E-state index is 11.1. The van der Waals surface area contributed by atoms with Crippen LogP contribution in [0.3, 0.4) is 0 Å². The minimum atomic E-state index is -0.762. The molecule has 6 heteroatoms. The molecule has 2 aromatic rings. The molecule has 100 valence electrons. The van der Waals surface area contributed by atoms with Crippen molar-refractivity contribution in [3.05, 3.63) is 29.6 Å². The van der Waals surface area contributed by atoms with E-state index in [1.165, 1.54) is 0 Å². The van der Waals surface area contributed by atoms with E-state index in [2.05, 4.69) is 4.98 Å². The van der Waals surface area contributed by atoms with E-state index in [0.717, 1.165) is 23.6 Å². The van der Waals surface area contributed by atoms with Gasteiger partial charge in [0.15, 0.2) is 5.76 Å². The van der Waals surface area contributed by atoms with Crippen molar-refractivity contribution in [1.29, 1.82) is 0 Å². The fourth-order valence-corrected chi connectivity index (χ4v) is 3.06. The second-order valence-corrected chi connectivity index (χ2v) is 5.51. The Hall–Kier alpha value is -1.66. The van der Waals surface area contributed by atoms with Crippen molar-refractivity contribution in [2.75, 3.05) is 6.54 Å². The van der Waals surface area contributed by atoms with Crippen LogP contribution in [0.5, 0.6) is 0 Å². The number of rotatable bonds is 4. The van der Waals surface area contributed by atoms with Crippen LogP contribution in [0.15, 0.2) is 28.1 Å². The SMILES string of the molecule is O=C(O)[C@@H]1CCCN1Cc1ncc(-c2cccs2)o1. The maximum absolute atomic E-state index is 11.1. The van der Waals surface area contributed by atoms with E-state index in [4.69, 9.17) is 9.52 Å². The van der Waals surface area contributed by atoms with E-state index in [1.54, 1.807) is 17.5 Å². The number of oxazole rings is 1. The van der Waals surface area contributed by atoms with E-state index in [0.29, 0.717) is 18.9 Å². The van der Waals surface area contributed by atoms with Crippen molar-refractivity contribution in [2.45, 2.75) is 25.4 Å². The summed E-state index contributed by atoms with van der Waals surface area (Å²) in [5.74, 6) is 0.565. The van der Waals surface area contributed by atoms with Crippen LogP contribution in [-0.4, -0.2) is 33.5 Å². The number of aliphatic carboxylic acids is 1. The van der Waals surface area contributed by atoms with E-state index >= 15 is 0 Å². The van der Waals surface area contributed by atoms with Crippen molar-refractivity contribution in [3.8, 4) is 10.6 Å². The van der Waals surface area contributed by atoms with E-state index in [-0.39, 0.29) is 0 Å². The van der Waals surface area contributed by atoms with Crippen molar-refractivity contribution >= 4 is 17.3 Å². The molecule has 1 N–H and O–H groups in total. The normalized spacial score (nSPS) is 19.9. The first-order valence-corrected chi connectivity index (χ1v) is 7.07. The highest BCUT2D eigenvalue weighted by atomic mass is 32.1. The summed E-state index contributed by atoms with van der Waals surface area (Å²) in [4.78, 5) is 18.3. The minimum absolute atomic E-state index is 0.405. The Bertz CT molecular complexity index is 564. The van der Waals surface area contributed by atoms with Gasteiger partial charge in [-0.05, 0) is 30.8 Å². The average molecular weight is 278 g/mol. The highest BCUT2D eigenvalue weighted by Crippen LogP contribution is 2.26. The Morgan fingerprint density at radius 3 is 3.26 bits per heavy atom. The molecule has 1 fully saturated rings. The van der Waals surface area contributed by atoms with Crippen LogP contribution >= 0.6 is 11.3 Å². The zero-order valence-corrected chi connectivity index (χ0v) is 11.1. The first-order chi connectivity index (χ1) is 9.24.